The minimum Gasteiger partial charge on any atom is -0.332 e. The van der Waals surface area contributed by atoms with Gasteiger partial charge in [0.1, 0.15) is 11.3 Å². The quantitative estimate of drug-likeness (QED) is 0.840. The van der Waals surface area contributed by atoms with E-state index in [0.717, 1.165) is 30.6 Å². The molecule has 0 bridgehead atoms. The highest BCUT2D eigenvalue weighted by Crippen LogP contribution is 2.26. The molecule has 1 aliphatic heterocycles. The first-order chi connectivity index (χ1) is 10.5. The third kappa shape index (κ3) is 2.50. The Kier molecular flexibility index (Phi) is 4.13. The van der Waals surface area contributed by atoms with E-state index in [9.17, 15) is 4.79 Å². The van der Waals surface area contributed by atoms with Crippen molar-refractivity contribution in [1.82, 2.24) is 14.3 Å². The molecule has 0 N–H and O–H groups in total. The fourth-order valence-corrected chi connectivity index (χ4v) is 3.64. The Morgan fingerprint density at radius 3 is 2.68 bits per heavy atom. The molecule has 1 saturated heterocycles. The summed E-state index contributed by atoms with van der Waals surface area (Å²) in [6, 6.07) is 4.16. The summed E-state index contributed by atoms with van der Waals surface area (Å²) < 4.78 is 1.88. The number of aryl methyl sites for hydroxylation is 1. The summed E-state index contributed by atoms with van der Waals surface area (Å²) in [7, 11) is 0. The molecular formula is C17H22ClN3O. The molecule has 2 unspecified atom stereocenters. The maximum absolute atomic E-state index is 13.2. The van der Waals surface area contributed by atoms with Crippen LogP contribution in [-0.2, 0) is 6.42 Å². The molecule has 0 radical (unpaired) electrons. The largest absolute Gasteiger partial charge is 0.332 e. The van der Waals surface area contributed by atoms with Gasteiger partial charge in [0.15, 0.2) is 0 Å². The van der Waals surface area contributed by atoms with Crippen molar-refractivity contribution in [3.63, 3.8) is 0 Å². The topological polar surface area (TPSA) is 37.6 Å². The molecule has 1 amide bonds. The van der Waals surface area contributed by atoms with Crippen LogP contribution in [0.2, 0.25) is 5.02 Å². The van der Waals surface area contributed by atoms with Crippen LogP contribution in [0.3, 0.4) is 0 Å². The van der Waals surface area contributed by atoms with E-state index in [1.807, 2.05) is 22.4 Å². The summed E-state index contributed by atoms with van der Waals surface area (Å²) in [5.74, 6) is 0.0892. The Balaban J connectivity index is 2.10. The Morgan fingerprint density at radius 1 is 1.36 bits per heavy atom. The molecule has 0 aromatic carbocycles. The lowest BCUT2D eigenvalue weighted by atomic mass is 9.97. The highest BCUT2D eigenvalue weighted by Gasteiger charge is 2.32. The smallest absolute Gasteiger partial charge is 0.273 e. The second kappa shape index (κ2) is 5.92. The zero-order valence-corrected chi connectivity index (χ0v) is 14.1. The lowest BCUT2D eigenvalue weighted by Gasteiger charge is -2.39. The van der Waals surface area contributed by atoms with Crippen molar-refractivity contribution in [2.75, 3.05) is 0 Å². The van der Waals surface area contributed by atoms with E-state index in [1.54, 1.807) is 12.1 Å². The first-order valence-electron chi connectivity index (χ1n) is 8.02. The van der Waals surface area contributed by atoms with Gasteiger partial charge < -0.3 is 4.90 Å². The normalized spacial score (nSPS) is 22.3. The maximum atomic E-state index is 13.2. The van der Waals surface area contributed by atoms with Crippen molar-refractivity contribution in [2.45, 2.75) is 58.5 Å². The molecule has 4 nitrogen and oxygen atoms in total. The highest BCUT2D eigenvalue weighted by molar-refractivity contribution is 6.30. The molecule has 3 rings (SSSR count). The average molecular weight is 320 g/mol. The van der Waals surface area contributed by atoms with Crippen LogP contribution < -0.4 is 0 Å². The predicted octanol–water partition coefficient (Wildman–Crippen LogP) is 3.95. The molecule has 118 valence electrons. The number of fused-ring (bicyclic) bond motifs is 1. The van der Waals surface area contributed by atoms with E-state index in [2.05, 4.69) is 18.8 Å². The van der Waals surface area contributed by atoms with E-state index in [4.69, 9.17) is 11.6 Å². The number of carbonyl (C=O) groups is 1. The monoisotopic (exact) mass is 319 g/mol. The summed E-state index contributed by atoms with van der Waals surface area (Å²) in [6.07, 6.45) is 5.91. The van der Waals surface area contributed by atoms with Crippen LogP contribution in [-0.4, -0.2) is 32.3 Å². The molecule has 0 aliphatic carbocycles. The minimum atomic E-state index is 0.0892. The molecule has 5 heteroatoms. The molecule has 2 aromatic rings. The standard InChI is InChI=1S/C17H22ClN3O/c1-4-14-16(20-9-8-13(18)10-15(20)19-14)17(22)21-11(2)6-5-7-12(21)3/h8-12H,4-7H2,1-3H3. The number of aromatic nitrogens is 2. The van der Waals surface area contributed by atoms with Crippen LogP contribution in [0.15, 0.2) is 18.3 Å². The molecule has 2 atom stereocenters. The summed E-state index contributed by atoms with van der Waals surface area (Å²) >= 11 is 6.05. The van der Waals surface area contributed by atoms with E-state index in [0.29, 0.717) is 10.7 Å². The number of hydrogen-bond donors (Lipinski definition) is 0. The SMILES string of the molecule is CCc1nc2cc(Cl)ccn2c1C(=O)N1C(C)CCCC1C. The predicted molar refractivity (Wildman–Crippen MR) is 88.5 cm³/mol. The van der Waals surface area contributed by atoms with Gasteiger partial charge in [-0.3, -0.25) is 9.20 Å². The van der Waals surface area contributed by atoms with Gasteiger partial charge in [0.2, 0.25) is 0 Å². The van der Waals surface area contributed by atoms with E-state index in [-0.39, 0.29) is 18.0 Å². The lowest BCUT2D eigenvalue weighted by molar-refractivity contribution is 0.0502. The lowest BCUT2D eigenvalue weighted by Crippen LogP contribution is -2.48. The molecule has 22 heavy (non-hydrogen) atoms. The number of rotatable bonds is 2. The van der Waals surface area contributed by atoms with Crippen molar-refractivity contribution < 1.29 is 4.79 Å². The summed E-state index contributed by atoms with van der Waals surface area (Å²) in [4.78, 5) is 19.8. The summed E-state index contributed by atoms with van der Waals surface area (Å²) in [6.45, 7) is 6.31. The third-order valence-electron chi connectivity index (χ3n) is 4.63. The molecular weight excluding hydrogens is 298 g/mol. The Hall–Kier alpha value is -1.55. The Morgan fingerprint density at radius 2 is 2.05 bits per heavy atom. The average Bonchev–Trinajstić information content (AvgIpc) is 2.84. The van der Waals surface area contributed by atoms with E-state index < -0.39 is 0 Å². The molecule has 3 heterocycles. The van der Waals surface area contributed by atoms with E-state index >= 15 is 0 Å². The van der Waals surface area contributed by atoms with Gasteiger partial charge in [-0.15, -0.1) is 0 Å². The van der Waals surface area contributed by atoms with Crippen LogP contribution in [0.25, 0.3) is 5.65 Å². The van der Waals surface area contributed by atoms with Gasteiger partial charge in [-0.25, -0.2) is 4.98 Å². The maximum Gasteiger partial charge on any atom is 0.273 e. The minimum absolute atomic E-state index is 0.0892. The highest BCUT2D eigenvalue weighted by atomic mass is 35.5. The molecule has 1 aliphatic rings. The number of nitrogens with zero attached hydrogens (tertiary/aromatic N) is 3. The fraction of sp³-hybridized carbons (Fsp3) is 0.529. The summed E-state index contributed by atoms with van der Waals surface area (Å²) in [5, 5.41) is 0.638. The summed E-state index contributed by atoms with van der Waals surface area (Å²) in [5.41, 5.74) is 2.28. The van der Waals surface area contributed by atoms with Crippen LogP contribution in [0, 0.1) is 0 Å². The van der Waals surface area contributed by atoms with Gasteiger partial charge in [-0.2, -0.15) is 0 Å². The Labute approximate surface area is 136 Å². The van der Waals surface area contributed by atoms with Crippen LogP contribution in [0.4, 0.5) is 0 Å². The van der Waals surface area contributed by atoms with Crippen molar-refractivity contribution >= 4 is 23.2 Å². The molecule has 0 spiro atoms. The van der Waals surface area contributed by atoms with Crippen LogP contribution >= 0.6 is 11.6 Å². The fourth-order valence-electron chi connectivity index (χ4n) is 3.49. The number of piperidine rings is 1. The number of halogens is 1. The number of pyridine rings is 1. The van der Waals surface area contributed by atoms with Crippen molar-refractivity contribution in [3.05, 3.63) is 34.7 Å². The van der Waals surface area contributed by atoms with Crippen molar-refractivity contribution in [2.24, 2.45) is 0 Å². The number of amides is 1. The van der Waals surface area contributed by atoms with Gasteiger partial charge in [0, 0.05) is 29.4 Å². The zero-order chi connectivity index (χ0) is 15.9. The molecule has 0 saturated carbocycles. The van der Waals surface area contributed by atoms with Gasteiger partial charge in [-0.1, -0.05) is 18.5 Å². The van der Waals surface area contributed by atoms with Crippen molar-refractivity contribution in [1.29, 1.82) is 0 Å². The first kappa shape index (κ1) is 15.3. The number of carbonyl (C=O) groups excluding carboxylic acids is 1. The number of imidazole rings is 1. The van der Waals surface area contributed by atoms with Gasteiger partial charge in [0.25, 0.3) is 5.91 Å². The van der Waals surface area contributed by atoms with Gasteiger partial charge in [-0.05, 0) is 45.6 Å². The molecule has 1 fully saturated rings. The van der Waals surface area contributed by atoms with Gasteiger partial charge >= 0.3 is 0 Å². The second-order valence-corrected chi connectivity index (χ2v) is 6.61. The second-order valence-electron chi connectivity index (χ2n) is 6.18. The van der Waals surface area contributed by atoms with Crippen molar-refractivity contribution in [3.8, 4) is 0 Å². The zero-order valence-electron chi connectivity index (χ0n) is 13.3. The van der Waals surface area contributed by atoms with Gasteiger partial charge in [0.05, 0.1) is 5.69 Å². The third-order valence-corrected chi connectivity index (χ3v) is 4.86. The number of hydrogen-bond acceptors (Lipinski definition) is 2. The van der Waals surface area contributed by atoms with Crippen LogP contribution in [0.5, 0.6) is 0 Å². The number of likely N-dealkylation sites (tertiary alicyclic amines) is 1. The van der Waals surface area contributed by atoms with E-state index in [1.165, 1.54) is 6.42 Å². The van der Waals surface area contributed by atoms with Crippen LogP contribution in [0.1, 0.15) is 56.2 Å². The molecule has 2 aromatic heterocycles. The first-order valence-corrected chi connectivity index (χ1v) is 8.39. The Bertz CT molecular complexity index is 699.